The summed E-state index contributed by atoms with van der Waals surface area (Å²) >= 11 is 0. The quantitative estimate of drug-likeness (QED) is 0.411. The minimum Gasteiger partial charge on any atom is -0.384 e. The highest BCUT2D eigenvalue weighted by Gasteiger charge is 2.44. The molecule has 0 aromatic carbocycles. The Hall–Kier alpha value is -1.35. The average molecular weight is 331 g/mol. The number of carbonyl (C=O) groups is 3. The molecular formula is C15H29N3O5. The molecule has 0 spiro atoms. The highest BCUT2D eigenvalue weighted by atomic mass is 16.3. The van der Waals surface area contributed by atoms with Gasteiger partial charge in [-0.05, 0) is 41.8 Å². The fourth-order valence-electron chi connectivity index (χ4n) is 1.78. The molecule has 0 bridgehead atoms. The molecule has 1 heterocycles. The van der Waals surface area contributed by atoms with Crippen molar-refractivity contribution in [3.05, 3.63) is 0 Å². The molecule has 1 saturated heterocycles. The van der Waals surface area contributed by atoms with Crippen molar-refractivity contribution in [2.24, 2.45) is 0 Å². The fourth-order valence-corrected chi connectivity index (χ4v) is 1.78. The maximum Gasteiger partial charge on any atom is 0.253 e. The molecule has 4 N–H and O–H groups in total. The van der Waals surface area contributed by atoms with E-state index in [2.05, 4.69) is 10.6 Å². The summed E-state index contributed by atoms with van der Waals surface area (Å²) in [6.45, 7) is 6.74. The monoisotopic (exact) mass is 331 g/mol. The lowest BCUT2D eigenvalue weighted by Gasteiger charge is -2.17. The molecule has 134 valence electrons. The Balaban J connectivity index is 0.000000468. The van der Waals surface area contributed by atoms with E-state index in [0.717, 1.165) is 0 Å². The summed E-state index contributed by atoms with van der Waals surface area (Å²) < 4.78 is 0. The van der Waals surface area contributed by atoms with E-state index >= 15 is 0 Å². The van der Waals surface area contributed by atoms with E-state index in [9.17, 15) is 19.5 Å². The van der Waals surface area contributed by atoms with Gasteiger partial charge in [-0.15, -0.1) is 0 Å². The molecule has 5 unspecified atom stereocenters. The van der Waals surface area contributed by atoms with Crippen molar-refractivity contribution in [1.82, 2.24) is 15.5 Å². The Labute approximate surface area is 137 Å². The van der Waals surface area contributed by atoms with Crippen LogP contribution < -0.4 is 10.6 Å². The Morgan fingerprint density at radius 3 is 1.70 bits per heavy atom. The smallest absolute Gasteiger partial charge is 0.253 e. The SMILES string of the molecule is CNC(C)C(O)C(=O)N1CC1C(C)=O.CNC(C)C(O)C(C)=O. The Morgan fingerprint density at radius 2 is 1.43 bits per heavy atom. The number of carbonyl (C=O) groups excluding carboxylic acids is 3. The largest absolute Gasteiger partial charge is 0.384 e. The molecule has 0 aromatic rings. The van der Waals surface area contributed by atoms with Crippen LogP contribution in [0.25, 0.3) is 0 Å². The van der Waals surface area contributed by atoms with Gasteiger partial charge in [0.1, 0.15) is 18.2 Å². The van der Waals surface area contributed by atoms with Crippen LogP contribution in [0.5, 0.6) is 0 Å². The summed E-state index contributed by atoms with van der Waals surface area (Å²) in [5.74, 6) is -0.591. The number of ketones is 2. The van der Waals surface area contributed by atoms with Gasteiger partial charge < -0.3 is 25.7 Å². The van der Waals surface area contributed by atoms with Crippen LogP contribution in [-0.2, 0) is 14.4 Å². The van der Waals surface area contributed by atoms with E-state index in [4.69, 9.17) is 5.11 Å². The zero-order valence-electron chi connectivity index (χ0n) is 14.7. The molecule has 0 aliphatic carbocycles. The van der Waals surface area contributed by atoms with Crippen molar-refractivity contribution >= 4 is 17.5 Å². The minimum atomic E-state index is -1.07. The molecule has 8 heteroatoms. The number of nitrogens with zero attached hydrogens (tertiary/aromatic N) is 1. The molecule has 1 rings (SSSR count). The Morgan fingerprint density at radius 1 is 1.00 bits per heavy atom. The number of hydrogen-bond acceptors (Lipinski definition) is 7. The molecule has 0 aromatic heterocycles. The normalized spacial score (nSPS) is 21.4. The molecule has 1 aliphatic heterocycles. The average Bonchev–Trinajstić information content (AvgIpc) is 3.32. The Kier molecular flexibility index (Phi) is 9.14. The molecular weight excluding hydrogens is 302 g/mol. The first kappa shape index (κ1) is 21.6. The first-order chi connectivity index (χ1) is 10.6. The second-order valence-corrected chi connectivity index (χ2v) is 5.77. The molecule has 8 nitrogen and oxygen atoms in total. The van der Waals surface area contributed by atoms with E-state index in [1.165, 1.54) is 18.7 Å². The lowest BCUT2D eigenvalue weighted by molar-refractivity contribution is -0.137. The standard InChI is InChI=1S/C9H16N2O3.C6H13NO2/c1-5(10-3)8(13)9(14)11-4-7(11)6(2)12;1-4(7-3)6(9)5(2)8/h5,7-8,10,13H,4H2,1-3H3;4,6-7,9H,1-3H3. The van der Waals surface area contributed by atoms with Crippen molar-refractivity contribution in [2.75, 3.05) is 20.6 Å². The molecule has 1 amide bonds. The summed E-state index contributed by atoms with van der Waals surface area (Å²) in [6.07, 6.45) is -1.93. The summed E-state index contributed by atoms with van der Waals surface area (Å²) in [4.78, 5) is 34.2. The highest BCUT2D eigenvalue weighted by Crippen LogP contribution is 2.20. The predicted octanol–water partition coefficient (Wildman–Crippen LogP) is -1.70. The van der Waals surface area contributed by atoms with Crippen LogP contribution in [0.1, 0.15) is 27.7 Å². The van der Waals surface area contributed by atoms with Gasteiger partial charge in [-0.25, -0.2) is 0 Å². The van der Waals surface area contributed by atoms with Crippen LogP contribution in [0.15, 0.2) is 0 Å². The second-order valence-electron chi connectivity index (χ2n) is 5.77. The van der Waals surface area contributed by atoms with E-state index in [0.29, 0.717) is 6.54 Å². The summed E-state index contributed by atoms with van der Waals surface area (Å²) in [7, 11) is 3.38. The molecule has 1 fully saturated rings. The van der Waals surface area contributed by atoms with Gasteiger partial charge in [-0.2, -0.15) is 0 Å². The predicted molar refractivity (Wildman–Crippen MR) is 85.9 cm³/mol. The number of Topliss-reactive ketones (excluding diaryl/α,β-unsaturated/α-hetero) is 2. The van der Waals surface area contributed by atoms with Crippen molar-refractivity contribution in [3.63, 3.8) is 0 Å². The van der Waals surface area contributed by atoms with E-state index in [-0.39, 0.29) is 35.6 Å². The first-order valence-corrected chi connectivity index (χ1v) is 7.60. The van der Waals surface area contributed by atoms with E-state index in [1.807, 2.05) is 0 Å². The number of aliphatic hydroxyl groups is 2. The molecule has 0 radical (unpaired) electrons. The lowest BCUT2D eigenvalue weighted by atomic mass is 10.1. The lowest BCUT2D eigenvalue weighted by Crippen LogP contribution is -2.43. The van der Waals surface area contributed by atoms with Crippen LogP contribution in [0.2, 0.25) is 0 Å². The zero-order valence-corrected chi connectivity index (χ0v) is 14.7. The number of nitrogens with one attached hydrogen (secondary N) is 2. The number of likely N-dealkylation sites (N-methyl/N-ethyl adjacent to an activating group) is 2. The van der Waals surface area contributed by atoms with Crippen LogP contribution in [0.3, 0.4) is 0 Å². The topological polar surface area (TPSA) is 119 Å². The van der Waals surface area contributed by atoms with Gasteiger partial charge in [-0.1, -0.05) is 0 Å². The molecule has 23 heavy (non-hydrogen) atoms. The maximum absolute atomic E-state index is 11.5. The second kappa shape index (κ2) is 9.71. The van der Waals surface area contributed by atoms with Gasteiger partial charge in [-0.3, -0.25) is 14.4 Å². The van der Waals surface area contributed by atoms with E-state index < -0.39 is 12.2 Å². The Bertz CT molecular complexity index is 429. The van der Waals surface area contributed by atoms with Gasteiger partial charge in [0.15, 0.2) is 11.6 Å². The van der Waals surface area contributed by atoms with Crippen molar-refractivity contribution in [2.45, 2.75) is 58.0 Å². The van der Waals surface area contributed by atoms with Crippen molar-refractivity contribution in [3.8, 4) is 0 Å². The summed E-state index contributed by atoms with van der Waals surface area (Å²) in [5.41, 5.74) is 0. The van der Waals surface area contributed by atoms with Crippen molar-refractivity contribution < 1.29 is 24.6 Å². The maximum atomic E-state index is 11.5. The summed E-state index contributed by atoms with van der Waals surface area (Å²) in [6, 6.07) is -0.751. The molecule has 1 aliphatic rings. The third kappa shape index (κ3) is 6.74. The number of aliphatic hydroxyl groups excluding tert-OH is 2. The van der Waals surface area contributed by atoms with Crippen LogP contribution >= 0.6 is 0 Å². The first-order valence-electron chi connectivity index (χ1n) is 7.60. The van der Waals surface area contributed by atoms with E-state index in [1.54, 1.807) is 27.9 Å². The van der Waals surface area contributed by atoms with Crippen LogP contribution in [0, 0.1) is 0 Å². The van der Waals surface area contributed by atoms with Gasteiger partial charge >= 0.3 is 0 Å². The minimum absolute atomic E-state index is 0.0253. The van der Waals surface area contributed by atoms with Crippen LogP contribution in [0.4, 0.5) is 0 Å². The molecule has 5 atom stereocenters. The number of rotatable bonds is 7. The number of amides is 1. The third-order valence-electron chi connectivity index (χ3n) is 3.89. The van der Waals surface area contributed by atoms with Crippen LogP contribution in [-0.4, -0.2) is 83.6 Å². The number of hydrogen-bond donors (Lipinski definition) is 4. The zero-order chi connectivity index (χ0) is 18.3. The highest BCUT2D eigenvalue weighted by molar-refractivity contribution is 5.94. The summed E-state index contributed by atoms with van der Waals surface area (Å²) in [5, 5.41) is 24.1. The van der Waals surface area contributed by atoms with Gasteiger partial charge in [0.2, 0.25) is 0 Å². The van der Waals surface area contributed by atoms with Gasteiger partial charge in [0.05, 0.1) is 0 Å². The van der Waals surface area contributed by atoms with Gasteiger partial charge in [0, 0.05) is 18.6 Å². The fraction of sp³-hybridized carbons (Fsp3) is 0.800. The third-order valence-corrected chi connectivity index (χ3v) is 3.89. The molecule has 0 saturated carbocycles. The van der Waals surface area contributed by atoms with Gasteiger partial charge in [0.25, 0.3) is 5.91 Å². The van der Waals surface area contributed by atoms with Crippen molar-refractivity contribution in [1.29, 1.82) is 0 Å².